The van der Waals surface area contributed by atoms with Gasteiger partial charge in [0.1, 0.15) is 0 Å². The average molecular weight is 302 g/mol. The van der Waals surface area contributed by atoms with E-state index in [0.717, 1.165) is 30.8 Å². The maximum Gasteiger partial charge on any atom is 0.0438 e. The van der Waals surface area contributed by atoms with Crippen LogP contribution < -0.4 is 5.32 Å². The molecule has 0 bridgehead atoms. The van der Waals surface area contributed by atoms with Crippen LogP contribution in [0.15, 0.2) is 48.5 Å². The lowest BCUT2D eigenvalue weighted by molar-refractivity contribution is 0.497. The predicted molar refractivity (Wildman–Crippen MR) is 92.0 cm³/mol. The lowest BCUT2D eigenvalue weighted by Crippen LogP contribution is -2.23. The minimum absolute atomic E-state index is 0.365. The Hall–Kier alpha value is -1.31. The molecule has 0 aromatic heterocycles. The van der Waals surface area contributed by atoms with E-state index >= 15 is 0 Å². The summed E-state index contributed by atoms with van der Waals surface area (Å²) < 4.78 is 0. The van der Waals surface area contributed by atoms with Gasteiger partial charge in [0.05, 0.1) is 0 Å². The number of benzene rings is 2. The van der Waals surface area contributed by atoms with Gasteiger partial charge in [0.2, 0.25) is 0 Å². The molecule has 0 amide bonds. The standard InChI is InChI=1S/C19H24ClN/c1-3-14-21-19(13-12-16-8-5-4-6-9-16)17-10-7-11-18(20)15(17)2/h4-11,19,21H,3,12-14H2,1-2H3. The Kier molecular flexibility index (Phi) is 6.28. The first kappa shape index (κ1) is 16.1. The molecule has 0 saturated heterocycles. The van der Waals surface area contributed by atoms with E-state index in [2.05, 4.69) is 55.6 Å². The van der Waals surface area contributed by atoms with E-state index in [1.165, 1.54) is 16.7 Å². The lowest BCUT2D eigenvalue weighted by atomic mass is 9.95. The van der Waals surface area contributed by atoms with Crippen molar-refractivity contribution in [1.82, 2.24) is 5.32 Å². The number of nitrogens with one attached hydrogen (secondary N) is 1. The minimum Gasteiger partial charge on any atom is -0.310 e. The summed E-state index contributed by atoms with van der Waals surface area (Å²) in [5, 5.41) is 4.52. The van der Waals surface area contributed by atoms with Crippen molar-refractivity contribution in [2.24, 2.45) is 0 Å². The monoisotopic (exact) mass is 301 g/mol. The first-order valence-electron chi connectivity index (χ1n) is 7.74. The molecule has 21 heavy (non-hydrogen) atoms. The van der Waals surface area contributed by atoms with Crippen molar-refractivity contribution in [1.29, 1.82) is 0 Å². The van der Waals surface area contributed by atoms with Crippen molar-refractivity contribution in [3.05, 3.63) is 70.2 Å². The molecule has 0 fully saturated rings. The van der Waals surface area contributed by atoms with Crippen LogP contribution in [-0.4, -0.2) is 6.54 Å². The third-order valence-electron chi connectivity index (χ3n) is 3.89. The molecule has 1 nitrogen and oxygen atoms in total. The van der Waals surface area contributed by atoms with E-state index in [4.69, 9.17) is 11.6 Å². The van der Waals surface area contributed by atoms with Gasteiger partial charge in [-0.15, -0.1) is 0 Å². The molecular weight excluding hydrogens is 278 g/mol. The summed E-state index contributed by atoms with van der Waals surface area (Å²) in [6.45, 7) is 5.35. The molecule has 2 aromatic rings. The van der Waals surface area contributed by atoms with Crippen molar-refractivity contribution in [3.8, 4) is 0 Å². The van der Waals surface area contributed by atoms with Gasteiger partial charge < -0.3 is 5.32 Å². The van der Waals surface area contributed by atoms with Crippen LogP contribution >= 0.6 is 11.6 Å². The molecule has 0 aliphatic carbocycles. The Bertz CT molecular complexity index is 551. The first-order chi connectivity index (χ1) is 10.2. The SMILES string of the molecule is CCCNC(CCc1ccccc1)c1cccc(Cl)c1C. The molecule has 1 unspecified atom stereocenters. The third-order valence-corrected chi connectivity index (χ3v) is 4.30. The van der Waals surface area contributed by atoms with Crippen molar-refractivity contribution in [3.63, 3.8) is 0 Å². The average Bonchev–Trinajstić information content (AvgIpc) is 2.52. The van der Waals surface area contributed by atoms with E-state index < -0.39 is 0 Å². The normalized spacial score (nSPS) is 12.3. The molecule has 0 aliphatic heterocycles. The molecule has 0 aliphatic rings. The molecule has 2 aromatic carbocycles. The van der Waals surface area contributed by atoms with E-state index in [9.17, 15) is 0 Å². The van der Waals surface area contributed by atoms with Crippen molar-refractivity contribution in [2.45, 2.75) is 39.2 Å². The predicted octanol–water partition coefficient (Wildman–Crippen LogP) is 5.32. The maximum absolute atomic E-state index is 6.28. The third kappa shape index (κ3) is 4.59. The van der Waals surface area contributed by atoms with Gasteiger partial charge >= 0.3 is 0 Å². The van der Waals surface area contributed by atoms with E-state index in [-0.39, 0.29) is 0 Å². The quantitative estimate of drug-likeness (QED) is 0.729. The van der Waals surface area contributed by atoms with Crippen molar-refractivity contribution in [2.75, 3.05) is 6.54 Å². The zero-order valence-corrected chi connectivity index (χ0v) is 13.7. The van der Waals surface area contributed by atoms with E-state index in [1.54, 1.807) is 0 Å². The van der Waals surface area contributed by atoms with Gasteiger partial charge in [0.25, 0.3) is 0 Å². The van der Waals surface area contributed by atoms with Crippen LogP contribution in [0.4, 0.5) is 0 Å². The zero-order valence-electron chi connectivity index (χ0n) is 12.9. The fourth-order valence-electron chi connectivity index (χ4n) is 2.64. The van der Waals surface area contributed by atoms with Gasteiger partial charge in [-0.05, 0) is 55.5 Å². The topological polar surface area (TPSA) is 12.0 Å². The number of aryl methyl sites for hydroxylation is 1. The van der Waals surface area contributed by atoms with Crippen LogP contribution in [0.5, 0.6) is 0 Å². The Morgan fingerprint density at radius 3 is 2.52 bits per heavy atom. The van der Waals surface area contributed by atoms with Gasteiger partial charge in [0.15, 0.2) is 0 Å². The van der Waals surface area contributed by atoms with Crippen molar-refractivity contribution < 1.29 is 0 Å². The molecule has 1 N–H and O–H groups in total. The molecule has 112 valence electrons. The summed E-state index contributed by atoms with van der Waals surface area (Å²) in [5.74, 6) is 0. The van der Waals surface area contributed by atoms with Gasteiger partial charge in [0, 0.05) is 11.1 Å². The summed E-state index contributed by atoms with van der Waals surface area (Å²) in [6.07, 6.45) is 3.31. The highest BCUT2D eigenvalue weighted by molar-refractivity contribution is 6.31. The van der Waals surface area contributed by atoms with Gasteiger partial charge in [-0.1, -0.05) is 61.0 Å². The fourth-order valence-corrected chi connectivity index (χ4v) is 2.83. The number of halogens is 1. The zero-order chi connectivity index (χ0) is 15.1. The summed E-state index contributed by atoms with van der Waals surface area (Å²) in [6, 6.07) is 17.2. The Labute approximate surface area is 133 Å². The lowest BCUT2D eigenvalue weighted by Gasteiger charge is -2.21. The minimum atomic E-state index is 0.365. The van der Waals surface area contributed by atoms with E-state index in [0.29, 0.717) is 6.04 Å². The van der Waals surface area contributed by atoms with Crippen molar-refractivity contribution >= 4 is 11.6 Å². The number of hydrogen-bond acceptors (Lipinski definition) is 1. The second-order valence-electron chi connectivity index (χ2n) is 5.49. The van der Waals surface area contributed by atoms with Crippen LogP contribution in [0.1, 0.15) is 42.5 Å². The largest absolute Gasteiger partial charge is 0.310 e. The molecular formula is C19H24ClN. The second-order valence-corrected chi connectivity index (χ2v) is 5.89. The van der Waals surface area contributed by atoms with Gasteiger partial charge in [-0.25, -0.2) is 0 Å². The summed E-state index contributed by atoms with van der Waals surface area (Å²) in [5.41, 5.74) is 3.91. The van der Waals surface area contributed by atoms with Crippen LogP contribution in [0.2, 0.25) is 5.02 Å². The van der Waals surface area contributed by atoms with Crippen LogP contribution in [0, 0.1) is 6.92 Å². The molecule has 2 rings (SSSR count). The Morgan fingerprint density at radius 2 is 1.81 bits per heavy atom. The fraction of sp³-hybridized carbons (Fsp3) is 0.368. The molecule has 0 radical (unpaired) electrons. The summed E-state index contributed by atoms with van der Waals surface area (Å²) in [7, 11) is 0. The van der Waals surface area contributed by atoms with E-state index in [1.807, 2.05) is 12.1 Å². The molecule has 0 spiro atoms. The number of hydrogen-bond donors (Lipinski definition) is 1. The van der Waals surface area contributed by atoms with Crippen LogP contribution in [-0.2, 0) is 6.42 Å². The molecule has 0 saturated carbocycles. The smallest absolute Gasteiger partial charge is 0.0438 e. The maximum atomic E-state index is 6.28. The highest BCUT2D eigenvalue weighted by Crippen LogP contribution is 2.27. The van der Waals surface area contributed by atoms with Gasteiger partial charge in [-0.2, -0.15) is 0 Å². The van der Waals surface area contributed by atoms with Crippen LogP contribution in [0.3, 0.4) is 0 Å². The Balaban J connectivity index is 2.12. The highest BCUT2D eigenvalue weighted by atomic mass is 35.5. The first-order valence-corrected chi connectivity index (χ1v) is 8.12. The number of rotatable bonds is 7. The molecule has 1 atom stereocenters. The molecule has 0 heterocycles. The summed E-state index contributed by atoms with van der Waals surface area (Å²) >= 11 is 6.28. The van der Waals surface area contributed by atoms with Gasteiger partial charge in [-0.3, -0.25) is 0 Å². The summed E-state index contributed by atoms with van der Waals surface area (Å²) in [4.78, 5) is 0. The van der Waals surface area contributed by atoms with Crippen LogP contribution in [0.25, 0.3) is 0 Å². The molecule has 2 heteroatoms. The Morgan fingerprint density at radius 1 is 1.05 bits per heavy atom. The highest BCUT2D eigenvalue weighted by Gasteiger charge is 2.14. The second kappa shape index (κ2) is 8.21.